The molecule has 3 N–H and O–H groups in total. The zero-order valence-corrected chi connectivity index (χ0v) is 12.8. The smallest absolute Gasteiger partial charge is 0.240 e. The highest BCUT2D eigenvalue weighted by Crippen LogP contribution is 2.30. The average Bonchev–Trinajstić information content (AvgIpc) is 2.79. The number of nitrogens with one attached hydrogen (secondary N) is 1. The molecule has 0 fully saturated rings. The van der Waals surface area contributed by atoms with E-state index in [1.165, 1.54) is 6.92 Å². The zero-order chi connectivity index (χ0) is 14.0. The average molecular weight is 320 g/mol. The van der Waals surface area contributed by atoms with E-state index in [4.69, 9.17) is 5.73 Å². The van der Waals surface area contributed by atoms with Gasteiger partial charge in [0.15, 0.2) is 0 Å². The first-order valence-electron chi connectivity index (χ1n) is 6.06. The Balaban J connectivity index is 0.00000200. The number of carbonyl (C=O) groups is 1. The lowest BCUT2D eigenvalue weighted by molar-refractivity contribution is -0.116. The van der Waals surface area contributed by atoms with Crippen molar-refractivity contribution >= 4 is 34.0 Å². The van der Waals surface area contributed by atoms with Crippen molar-refractivity contribution in [3.05, 3.63) is 23.8 Å². The van der Waals surface area contributed by atoms with Crippen LogP contribution >= 0.6 is 12.4 Å². The molecule has 0 bridgehead atoms. The third kappa shape index (κ3) is 3.29. The molecule has 20 heavy (non-hydrogen) atoms. The van der Waals surface area contributed by atoms with Gasteiger partial charge in [-0.15, -0.1) is 12.4 Å². The minimum Gasteiger partial charge on any atom is -0.329 e. The van der Waals surface area contributed by atoms with Crippen LogP contribution in [-0.4, -0.2) is 34.0 Å². The fraction of sp³-hybridized carbons (Fsp3) is 0.417. The van der Waals surface area contributed by atoms with E-state index >= 15 is 0 Å². The van der Waals surface area contributed by atoms with E-state index in [0.717, 1.165) is 12.0 Å². The highest BCUT2D eigenvalue weighted by atomic mass is 35.5. The molecule has 2 rings (SSSR count). The second-order valence-corrected chi connectivity index (χ2v) is 6.16. The third-order valence-corrected chi connectivity index (χ3v) is 4.54. The van der Waals surface area contributed by atoms with Gasteiger partial charge in [-0.3, -0.25) is 4.79 Å². The summed E-state index contributed by atoms with van der Waals surface area (Å²) in [7, 11) is -3.56. The molecule has 0 radical (unpaired) electrons. The fourth-order valence-corrected chi connectivity index (χ4v) is 3.20. The summed E-state index contributed by atoms with van der Waals surface area (Å²) in [5, 5.41) is 0. The number of nitrogens with two attached hydrogens (primary N) is 1. The van der Waals surface area contributed by atoms with Gasteiger partial charge in [-0.2, -0.15) is 0 Å². The van der Waals surface area contributed by atoms with Crippen LogP contribution in [0.3, 0.4) is 0 Å². The molecule has 1 aliphatic heterocycles. The molecular weight excluding hydrogens is 302 g/mol. The number of hydrogen-bond donors (Lipinski definition) is 2. The fourth-order valence-electron chi connectivity index (χ4n) is 2.13. The van der Waals surface area contributed by atoms with Gasteiger partial charge in [0.05, 0.1) is 4.90 Å². The summed E-state index contributed by atoms with van der Waals surface area (Å²) in [6.45, 7) is 2.51. The molecular formula is C12H18ClN3O3S. The van der Waals surface area contributed by atoms with E-state index < -0.39 is 10.0 Å². The molecule has 0 unspecified atom stereocenters. The lowest BCUT2D eigenvalue weighted by Gasteiger charge is -2.15. The predicted molar refractivity (Wildman–Crippen MR) is 79.7 cm³/mol. The topological polar surface area (TPSA) is 92.5 Å². The lowest BCUT2D eigenvalue weighted by Crippen LogP contribution is -2.29. The monoisotopic (exact) mass is 319 g/mol. The number of nitrogens with zero attached hydrogens (tertiary/aromatic N) is 1. The predicted octanol–water partition coefficient (Wildman–Crippen LogP) is 0.254. The van der Waals surface area contributed by atoms with Crippen molar-refractivity contribution in [1.82, 2.24) is 4.72 Å². The molecule has 1 aliphatic rings. The number of halogens is 1. The van der Waals surface area contributed by atoms with Gasteiger partial charge in [0.25, 0.3) is 0 Å². The van der Waals surface area contributed by atoms with Gasteiger partial charge in [0, 0.05) is 32.2 Å². The Morgan fingerprint density at radius 3 is 2.75 bits per heavy atom. The summed E-state index contributed by atoms with van der Waals surface area (Å²) in [4.78, 5) is 13.2. The van der Waals surface area contributed by atoms with Gasteiger partial charge >= 0.3 is 0 Å². The van der Waals surface area contributed by atoms with E-state index in [1.54, 1.807) is 23.1 Å². The lowest BCUT2D eigenvalue weighted by atomic mass is 10.2. The van der Waals surface area contributed by atoms with Crippen molar-refractivity contribution in [3.8, 4) is 0 Å². The summed E-state index contributed by atoms with van der Waals surface area (Å²) in [5.41, 5.74) is 6.96. The molecule has 112 valence electrons. The Kier molecular flexibility index (Phi) is 5.52. The first-order valence-corrected chi connectivity index (χ1v) is 7.55. The van der Waals surface area contributed by atoms with E-state index in [1.807, 2.05) is 0 Å². The van der Waals surface area contributed by atoms with Crippen LogP contribution < -0.4 is 15.4 Å². The Labute approximate surface area is 124 Å². The van der Waals surface area contributed by atoms with Crippen molar-refractivity contribution in [1.29, 1.82) is 0 Å². The number of anilines is 1. The summed E-state index contributed by atoms with van der Waals surface area (Å²) < 4.78 is 26.4. The number of benzene rings is 1. The molecule has 1 aromatic carbocycles. The van der Waals surface area contributed by atoms with E-state index in [-0.39, 0.29) is 36.3 Å². The van der Waals surface area contributed by atoms with Crippen molar-refractivity contribution in [2.45, 2.75) is 18.2 Å². The number of fused-ring (bicyclic) bond motifs is 1. The number of hydrogen-bond acceptors (Lipinski definition) is 4. The number of amides is 1. The quantitative estimate of drug-likeness (QED) is 0.832. The maximum absolute atomic E-state index is 12.0. The van der Waals surface area contributed by atoms with Crippen LogP contribution in [0.5, 0.6) is 0 Å². The maximum Gasteiger partial charge on any atom is 0.240 e. The Hall–Kier alpha value is -1.15. The molecule has 1 heterocycles. The molecule has 6 nitrogen and oxygen atoms in total. The van der Waals surface area contributed by atoms with Crippen LogP contribution in [0, 0.1) is 0 Å². The molecule has 1 aromatic rings. The van der Waals surface area contributed by atoms with Crippen LogP contribution in [0.2, 0.25) is 0 Å². The molecule has 0 saturated heterocycles. The Morgan fingerprint density at radius 1 is 1.45 bits per heavy atom. The standard InChI is InChI=1S/C12H17N3O3S.ClH/c1-9(16)15-7-4-10-2-3-11(8-12(10)15)19(17,18)14-6-5-13;/h2-3,8,14H,4-7,13H2,1H3;1H. The van der Waals surface area contributed by atoms with Crippen LogP contribution in [0.15, 0.2) is 23.1 Å². The second-order valence-electron chi connectivity index (χ2n) is 4.40. The zero-order valence-electron chi connectivity index (χ0n) is 11.1. The maximum atomic E-state index is 12.0. The first-order chi connectivity index (χ1) is 8.95. The summed E-state index contributed by atoms with van der Waals surface area (Å²) in [6, 6.07) is 4.86. The van der Waals surface area contributed by atoms with Gasteiger partial charge in [-0.25, -0.2) is 13.1 Å². The van der Waals surface area contributed by atoms with Crippen molar-refractivity contribution in [2.75, 3.05) is 24.5 Å². The van der Waals surface area contributed by atoms with Crippen molar-refractivity contribution in [2.24, 2.45) is 5.73 Å². The SMILES string of the molecule is CC(=O)N1CCc2ccc(S(=O)(=O)NCCN)cc21.Cl. The summed E-state index contributed by atoms with van der Waals surface area (Å²) in [5.74, 6) is -0.0804. The van der Waals surface area contributed by atoms with E-state index in [2.05, 4.69) is 4.72 Å². The number of sulfonamides is 1. The highest BCUT2D eigenvalue weighted by molar-refractivity contribution is 7.89. The van der Waals surface area contributed by atoms with Crippen molar-refractivity contribution < 1.29 is 13.2 Å². The minimum absolute atomic E-state index is 0. The van der Waals surface area contributed by atoms with Gasteiger partial charge in [-0.05, 0) is 24.1 Å². The largest absolute Gasteiger partial charge is 0.329 e. The number of rotatable bonds is 4. The molecule has 0 aromatic heterocycles. The van der Waals surface area contributed by atoms with Crippen LogP contribution in [0.4, 0.5) is 5.69 Å². The molecule has 1 amide bonds. The molecule has 0 atom stereocenters. The second kappa shape index (κ2) is 6.53. The van der Waals surface area contributed by atoms with Crippen LogP contribution in [0.25, 0.3) is 0 Å². The van der Waals surface area contributed by atoms with Crippen molar-refractivity contribution in [3.63, 3.8) is 0 Å². The normalized spacial score (nSPS) is 13.8. The van der Waals surface area contributed by atoms with E-state index in [0.29, 0.717) is 12.2 Å². The molecule has 0 saturated carbocycles. The Morgan fingerprint density at radius 2 is 2.15 bits per heavy atom. The summed E-state index contributed by atoms with van der Waals surface area (Å²) >= 11 is 0. The summed E-state index contributed by atoms with van der Waals surface area (Å²) in [6.07, 6.45) is 0.755. The van der Waals surface area contributed by atoms with Gasteiger partial charge in [0.1, 0.15) is 0 Å². The highest BCUT2D eigenvalue weighted by Gasteiger charge is 2.24. The molecule has 0 spiro atoms. The van der Waals surface area contributed by atoms with Crippen LogP contribution in [0.1, 0.15) is 12.5 Å². The minimum atomic E-state index is -3.56. The first kappa shape index (κ1) is 16.9. The Bertz CT molecular complexity index is 604. The van der Waals surface area contributed by atoms with E-state index in [9.17, 15) is 13.2 Å². The third-order valence-electron chi connectivity index (χ3n) is 3.08. The van der Waals surface area contributed by atoms with Gasteiger partial charge < -0.3 is 10.6 Å². The van der Waals surface area contributed by atoms with Crippen LogP contribution in [-0.2, 0) is 21.2 Å². The number of carbonyl (C=O) groups excluding carboxylic acids is 1. The molecule has 0 aliphatic carbocycles. The van der Waals surface area contributed by atoms with Gasteiger partial charge in [0.2, 0.25) is 15.9 Å². The van der Waals surface area contributed by atoms with Gasteiger partial charge in [-0.1, -0.05) is 6.07 Å². The molecule has 8 heteroatoms.